The quantitative estimate of drug-likeness (QED) is 0.0670. The van der Waals surface area contributed by atoms with E-state index in [9.17, 15) is 26.3 Å². The fourth-order valence-corrected chi connectivity index (χ4v) is 16.2. The van der Waals surface area contributed by atoms with Gasteiger partial charge in [-0.15, -0.1) is 0 Å². The molecule has 18 nitrogen and oxygen atoms in total. The van der Waals surface area contributed by atoms with Crippen LogP contribution in [0.25, 0.3) is 63.4 Å². The van der Waals surface area contributed by atoms with Crippen LogP contribution in [0.15, 0.2) is 129 Å². The van der Waals surface area contributed by atoms with Crippen LogP contribution in [0.4, 0.5) is 56.3 Å². The largest absolute Gasteiger partial charge is 0.405 e. The van der Waals surface area contributed by atoms with Crippen LogP contribution in [0.3, 0.4) is 0 Å². The number of thiazole rings is 6. The third-order valence-electron chi connectivity index (χ3n) is 15.1. The zero-order chi connectivity index (χ0) is 75.6. The Morgan fingerprint density at radius 2 is 0.615 bits per heavy atom. The number of rotatable bonds is 21. The van der Waals surface area contributed by atoms with Crippen molar-refractivity contribution in [1.29, 1.82) is 0 Å². The molecule has 104 heavy (non-hydrogen) atoms. The average molecular weight is 1540 g/mol. The minimum atomic E-state index is -4.22. The van der Waals surface area contributed by atoms with Gasteiger partial charge in [-0.3, -0.25) is 29.9 Å². The van der Waals surface area contributed by atoms with Gasteiger partial charge in [0.1, 0.15) is 84.0 Å². The highest BCUT2D eigenvalue weighted by Crippen LogP contribution is 2.40. The Balaban J connectivity index is 0.000000175. The second-order valence-electron chi connectivity index (χ2n) is 23.2. The molecule has 552 valence electrons. The Bertz CT molecular complexity index is 4520. The highest BCUT2D eigenvalue weighted by atomic mass is 32.1. The Morgan fingerprint density at radius 3 is 0.856 bits per heavy atom. The molecule has 12 heterocycles. The maximum absolute atomic E-state index is 13.2. The molecule has 12 aromatic rings. The zero-order valence-corrected chi connectivity index (χ0v) is 66.2. The third kappa shape index (κ3) is 23.3. The summed E-state index contributed by atoms with van der Waals surface area (Å²) in [5.74, 6) is -0.995. The van der Waals surface area contributed by atoms with Crippen molar-refractivity contribution in [2.75, 3.05) is 106 Å². The molecule has 0 bridgehead atoms. The van der Waals surface area contributed by atoms with Crippen LogP contribution < -0.4 is 29.8 Å². The van der Waals surface area contributed by atoms with Gasteiger partial charge in [-0.2, -0.15) is 13.2 Å². The van der Waals surface area contributed by atoms with E-state index in [1.165, 1.54) is 87.1 Å². The number of anilines is 6. The van der Waals surface area contributed by atoms with Crippen LogP contribution in [0.1, 0.15) is 89.6 Å². The van der Waals surface area contributed by atoms with Crippen LogP contribution in [0, 0.1) is 17.5 Å². The summed E-state index contributed by atoms with van der Waals surface area (Å²) in [5.41, 5.74) is 11.3. The maximum atomic E-state index is 13.2. The van der Waals surface area contributed by atoms with E-state index in [2.05, 4.69) is 144 Å². The van der Waals surface area contributed by atoms with Gasteiger partial charge >= 0.3 is 6.18 Å². The van der Waals surface area contributed by atoms with Gasteiger partial charge in [0.25, 0.3) is 0 Å². The molecule has 0 aliphatic carbocycles. The predicted octanol–water partition coefficient (Wildman–Crippen LogP) is 19.1. The van der Waals surface area contributed by atoms with Crippen LogP contribution in [0.2, 0.25) is 0 Å². The Labute approximate surface area is 629 Å². The Morgan fingerprint density at radius 1 is 0.346 bits per heavy atom. The van der Waals surface area contributed by atoms with Crippen LogP contribution in [0.5, 0.6) is 0 Å². The number of nitrogens with zero attached hydrogens (tertiary/aromatic N) is 17. The van der Waals surface area contributed by atoms with E-state index < -0.39 is 12.7 Å². The number of aromatic nitrogens is 12. The first-order valence-electron chi connectivity index (χ1n) is 33.6. The van der Waals surface area contributed by atoms with Crippen molar-refractivity contribution < 1.29 is 26.3 Å². The Hall–Kier alpha value is -8.94. The van der Waals surface area contributed by atoms with E-state index in [4.69, 9.17) is 4.98 Å². The molecule has 0 aliphatic rings. The van der Waals surface area contributed by atoms with E-state index in [-0.39, 0.29) is 17.5 Å². The van der Waals surface area contributed by atoms with Gasteiger partial charge in [0.05, 0.1) is 52.8 Å². The summed E-state index contributed by atoms with van der Waals surface area (Å²) in [4.78, 5) is 60.9. The normalized spacial score (nSPS) is 10.8. The van der Waals surface area contributed by atoms with Gasteiger partial charge in [0.15, 0.2) is 0 Å². The van der Waals surface area contributed by atoms with Crippen molar-refractivity contribution in [2.24, 2.45) is 0 Å². The minimum absolute atomic E-state index is 0.328. The standard InChI is InChI=1S/C13H14F3N3S.C13H16FN3S.C13H17N3S.C12H14FN3S.C12H15N3S.C11H12FN3S/c1-3-10-12(19(2)8-13(14,15)16)20-11(18-10)9-5-4-6-17-7-9;1-4-11-13(17(3)5-2)18-12(16-11)9-6-10(14)8-15-7-9;1-4-11-13(16(3)5-2)17-12(15-11)10-7-6-8-14-9-10;1-4-10-12(16(2)3)17-11(15-10)8-5-9(13)7-14-6-8;1-4-10-12(15(2)3)16-11(14-10)9-6-5-7-13-8-9;1-3-9-11(13-2)16-10(15-9)7-4-8(12)6-14-5-7/h4-7H,3,8H2,1-2H3;6-8H,4-5H2,1-3H3;6-9H,4-5H2,1-3H3;5-7H,4H2,1-3H3;5-8H,4H2,1-3H3;4-6,13H,3H2,1-2H3. The molecule has 0 spiro atoms. The number of hydrogen-bond acceptors (Lipinski definition) is 24. The summed E-state index contributed by atoms with van der Waals surface area (Å²) in [6.07, 6.45) is 20.0. The molecule has 0 aromatic carbocycles. The lowest BCUT2D eigenvalue weighted by molar-refractivity contribution is -0.119. The molecule has 12 aromatic heterocycles. The van der Waals surface area contributed by atoms with Crippen LogP contribution in [-0.2, 0) is 38.5 Å². The molecular weight excluding hydrogens is 1450 g/mol. The summed E-state index contributed by atoms with van der Waals surface area (Å²) >= 11 is 9.39. The average Bonchev–Trinajstić information content (AvgIpc) is 1.72. The minimum Gasteiger partial charge on any atom is -0.378 e. The number of hydrogen-bond donors (Lipinski definition) is 1. The molecule has 0 fully saturated rings. The monoisotopic (exact) mass is 1530 g/mol. The SMILES string of the molecule is CCc1nc(-c2cccnc2)sc1N(C)C.CCc1nc(-c2cccnc2)sc1N(C)CC.CCc1nc(-c2cccnc2)sc1N(C)CC(F)(F)F.CCc1nc(-c2cncc(F)c2)sc1N(C)C.CCc1nc(-c2cncc(F)c2)sc1N(C)CC.CCc1nc(-c2cncc(F)c2)sc1NC. The van der Waals surface area contributed by atoms with Crippen molar-refractivity contribution in [1.82, 2.24) is 59.8 Å². The maximum Gasteiger partial charge on any atom is 0.405 e. The molecule has 30 heteroatoms. The zero-order valence-electron chi connectivity index (χ0n) is 61.3. The topological polar surface area (TPSA) is 183 Å². The van der Waals surface area contributed by atoms with Gasteiger partial charge in [0, 0.05) is 159 Å². The summed E-state index contributed by atoms with van der Waals surface area (Å²) in [5, 5.41) is 14.7. The van der Waals surface area contributed by atoms with Crippen molar-refractivity contribution in [3.63, 3.8) is 0 Å². The molecule has 0 amide bonds. The van der Waals surface area contributed by atoms with Gasteiger partial charge in [-0.1, -0.05) is 110 Å². The molecule has 12 rings (SSSR count). The predicted molar refractivity (Wildman–Crippen MR) is 424 cm³/mol. The summed E-state index contributed by atoms with van der Waals surface area (Å²) in [7, 11) is 15.5. The van der Waals surface area contributed by atoms with E-state index >= 15 is 0 Å². The lowest BCUT2D eigenvalue weighted by atomic mass is 10.3. The summed E-state index contributed by atoms with van der Waals surface area (Å²) in [6.45, 7) is 17.6. The molecule has 0 radical (unpaired) electrons. The van der Waals surface area contributed by atoms with E-state index in [0.717, 1.165) is 141 Å². The third-order valence-corrected chi connectivity index (χ3v) is 22.7. The fourth-order valence-electron chi connectivity index (χ4n) is 9.67. The Kier molecular flexibility index (Phi) is 32.0. The van der Waals surface area contributed by atoms with Crippen molar-refractivity contribution in [2.45, 2.75) is 100 Å². The first kappa shape index (κ1) is 82.3. The molecular formula is C74H88F6N18S6. The van der Waals surface area contributed by atoms with Gasteiger partial charge in [-0.25, -0.2) is 43.1 Å². The van der Waals surface area contributed by atoms with E-state index in [0.29, 0.717) is 22.1 Å². The second kappa shape index (κ2) is 40.4. The second-order valence-corrected chi connectivity index (χ2v) is 29.1. The lowest BCUT2D eigenvalue weighted by Gasteiger charge is -2.19. The van der Waals surface area contributed by atoms with Crippen molar-refractivity contribution in [3.05, 3.63) is 181 Å². The van der Waals surface area contributed by atoms with Crippen molar-refractivity contribution >= 4 is 98.0 Å². The van der Waals surface area contributed by atoms with Crippen molar-refractivity contribution in [3.8, 4) is 63.4 Å². The van der Waals surface area contributed by atoms with E-state index in [1.807, 2.05) is 83.6 Å². The molecule has 1 N–H and O–H groups in total. The highest BCUT2D eigenvalue weighted by Gasteiger charge is 2.31. The van der Waals surface area contributed by atoms with Gasteiger partial charge in [-0.05, 0) is 107 Å². The molecule has 0 saturated carbocycles. The van der Waals surface area contributed by atoms with Gasteiger partial charge < -0.3 is 29.8 Å². The number of aryl methyl sites for hydroxylation is 6. The smallest absolute Gasteiger partial charge is 0.378 e. The molecule has 0 aliphatic heterocycles. The number of halogens is 6. The fraction of sp³-hybridized carbons (Fsp3) is 0.351. The van der Waals surface area contributed by atoms with Crippen LogP contribution >= 0.6 is 68.0 Å². The highest BCUT2D eigenvalue weighted by molar-refractivity contribution is 7.20. The van der Waals surface area contributed by atoms with Crippen LogP contribution in [-0.4, -0.2) is 142 Å². The first-order valence-corrected chi connectivity index (χ1v) is 38.5. The number of pyridine rings is 6. The lowest BCUT2D eigenvalue weighted by Crippen LogP contribution is -2.30. The van der Waals surface area contributed by atoms with E-state index in [1.54, 1.807) is 94.8 Å². The molecule has 0 atom stereocenters. The number of alkyl halides is 3. The number of nitrogens with one attached hydrogen (secondary N) is 1. The van der Waals surface area contributed by atoms with Gasteiger partial charge in [0.2, 0.25) is 0 Å². The summed E-state index contributed by atoms with van der Waals surface area (Å²) < 4.78 is 76.8. The molecule has 0 unspecified atom stereocenters. The first-order chi connectivity index (χ1) is 49.9. The summed E-state index contributed by atoms with van der Waals surface area (Å²) in [6, 6.07) is 16.0. The molecule has 0 saturated heterocycles.